The molecule has 0 aromatic carbocycles. The first-order valence-electron chi connectivity index (χ1n) is 6.72. The van der Waals surface area contributed by atoms with Gasteiger partial charge in [0.2, 0.25) is 0 Å². The van der Waals surface area contributed by atoms with Gasteiger partial charge in [-0.15, -0.1) is 0 Å². The molecule has 2 N–H and O–H groups in total. The van der Waals surface area contributed by atoms with E-state index < -0.39 is 0 Å². The van der Waals surface area contributed by atoms with Crippen LogP contribution >= 0.6 is 0 Å². The van der Waals surface area contributed by atoms with Crippen molar-refractivity contribution < 1.29 is 4.74 Å². The Labute approximate surface area is 106 Å². The lowest BCUT2D eigenvalue weighted by Crippen LogP contribution is -2.70. The van der Waals surface area contributed by atoms with Gasteiger partial charge in [-0.2, -0.15) is 0 Å². The quantitative estimate of drug-likeness (QED) is 0.681. The van der Waals surface area contributed by atoms with Crippen molar-refractivity contribution in [2.24, 2.45) is 5.41 Å². The molecule has 3 heteroatoms. The van der Waals surface area contributed by atoms with Crippen molar-refractivity contribution in [2.75, 3.05) is 13.2 Å². The summed E-state index contributed by atoms with van der Waals surface area (Å²) < 4.78 is 6.24. The molecule has 2 aliphatic heterocycles. The van der Waals surface area contributed by atoms with E-state index in [1.807, 2.05) is 0 Å². The number of nitrogens with one attached hydrogen (secondary N) is 2. The smallest absolute Gasteiger partial charge is 0.122 e. The van der Waals surface area contributed by atoms with Crippen molar-refractivity contribution in [3.8, 4) is 0 Å². The molecule has 17 heavy (non-hydrogen) atoms. The van der Waals surface area contributed by atoms with Gasteiger partial charge in [0.15, 0.2) is 0 Å². The van der Waals surface area contributed by atoms with Crippen molar-refractivity contribution in [1.29, 1.82) is 0 Å². The highest BCUT2D eigenvalue weighted by atomic mass is 16.5. The molecule has 100 valence electrons. The molecule has 0 atom stereocenters. The van der Waals surface area contributed by atoms with Crippen molar-refractivity contribution in [2.45, 2.75) is 71.2 Å². The minimum Gasteiger partial charge on any atom is -0.360 e. The first-order valence-corrected chi connectivity index (χ1v) is 6.72. The van der Waals surface area contributed by atoms with Gasteiger partial charge in [0.1, 0.15) is 5.72 Å². The van der Waals surface area contributed by atoms with Crippen LogP contribution in [-0.2, 0) is 4.74 Å². The number of rotatable bonds is 0. The van der Waals surface area contributed by atoms with Crippen molar-refractivity contribution in [1.82, 2.24) is 10.6 Å². The van der Waals surface area contributed by atoms with E-state index in [1.54, 1.807) is 0 Å². The van der Waals surface area contributed by atoms with Crippen LogP contribution in [0.15, 0.2) is 0 Å². The minimum atomic E-state index is -0.131. The Bertz CT molecular complexity index is 279. The highest BCUT2D eigenvalue weighted by Crippen LogP contribution is 2.40. The second-order valence-corrected chi connectivity index (χ2v) is 8.05. The van der Waals surface area contributed by atoms with Gasteiger partial charge >= 0.3 is 0 Å². The van der Waals surface area contributed by atoms with E-state index in [2.05, 4.69) is 52.2 Å². The van der Waals surface area contributed by atoms with Gasteiger partial charge < -0.3 is 10.1 Å². The molecule has 2 fully saturated rings. The maximum absolute atomic E-state index is 6.24. The fraction of sp³-hybridized carbons (Fsp3) is 1.00. The summed E-state index contributed by atoms with van der Waals surface area (Å²) in [6, 6.07) is 0. The van der Waals surface area contributed by atoms with E-state index in [4.69, 9.17) is 4.74 Å². The molecular weight excluding hydrogens is 212 g/mol. The lowest BCUT2D eigenvalue weighted by Gasteiger charge is -2.56. The van der Waals surface area contributed by atoms with Crippen LogP contribution in [0.2, 0.25) is 0 Å². The monoisotopic (exact) mass is 240 g/mol. The van der Waals surface area contributed by atoms with Gasteiger partial charge in [0.25, 0.3) is 0 Å². The highest BCUT2D eigenvalue weighted by Gasteiger charge is 2.50. The van der Waals surface area contributed by atoms with Crippen molar-refractivity contribution >= 4 is 0 Å². The topological polar surface area (TPSA) is 33.3 Å². The maximum Gasteiger partial charge on any atom is 0.122 e. The van der Waals surface area contributed by atoms with Crippen LogP contribution in [0.3, 0.4) is 0 Å². The van der Waals surface area contributed by atoms with E-state index in [-0.39, 0.29) is 22.2 Å². The van der Waals surface area contributed by atoms with Crippen molar-refractivity contribution in [3.63, 3.8) is 0 Å². The zero-order valence-electron chi connectivity index (χ0n) is 12.2. The van der Waals surface area contributed by atoms with Gasteiger partial charge in [-0.1, -0.05) is 13.8 Å². The average Bonchev–Trinajstić information content (AvgIpc) is 2.06. The lowest BCUT2D eigenvalue weighted by atomic mass is 9.75. The van der Waals surface area contributed by atoms with E-state index in [0.29, 0.717) is 0 Å². The van der Waals surface area contributed by atoms with Crippen LogP contribution in [-0.4, -0.2) is 30.0 Å². The number of hydrogen-bond donors (Lipinski definition) is 2. The Morgan fingerprint density at radius 2 is 1.41 bits per heavy atom. The van der Waals surface area contributed by atoms with Gasteiger partial charge in [-0.3, -0.25) is 5.32 Å². The molecule has 0 saturated carbocycles. The van der Waals surface area contributed by atoms with Gasteiger partial charge in [-0.05, 0) is 27.7 Å². The van der Waals surface area contributed by atoms with Crippen LogP contribution in [0.1, 0.15) is 54.4 Å². The largest absolute Gasteiger partial charge is 0.360 e. The predicted molar refractivity (Wildman–Crippen MR) is 71.0 cm³/mol. The summed E-state index contributed by atoms with van der Waals surface area (Å²) in [6.07, 6.45) is 2.05. The van der Waals surface area contributed by atoms with E-state index in [0.717, 1.165) is 26.0 Å². The molecule has 0 aliphatic carbocycles. The first-order chi connectivity index (χ1) is 7.54. The summed E-state index contributed by atoms with van der Waals surface area (Å²) in [7, 11) is 0. The molecular formula is C14H28N2O. The van der Waals surface area contributed by atoms with Crippen LogP contribution < -0.4 is 10.6 Å². The molecule has 0 radical (unpaired) electrons. The maximum atomic E-state index is 6.24. The Balaban J connectivity index is 2.15. The predicted octanol–water partition coefficient (Wildman–Crippen LogP) is 2.27. The lowest BCUT2D eigenvalue weighted by molar-refractivity contribution is -0.178. The summed E-state index contributed by atoms with van der Waals surface area (Å²) in [5.74, 6) is 0. The summed E-state index contributed by atoms with van der Waals surface area (Å²) in [4.78, 5) is 0. The summed E-state index contributed by atoms with van der Waals surface area (Å²) in [5.41, 5.74) is 0.366. The van der Waals surface area contributed by atoms with Crippen LogP contribution in [0.5, 0.6) is 0 Å². The second kappa shape index (κ2) is 3.69. The average molecular weight is 240 g/mol. The fourth-order valence-electron chi connectivity index (χ4n) is 3.56. The van der Waals surface area contributed by atoms with Gasteiger partial charge in [0, 0.05) is 35.9 Å². The third kappa shape index (κ3) is 3.01. The molecule has 0 unspecified atom stereocenters. The minimum absolute atomic E-state index is 0.121. The van der Waals surface area contributed by atoms with Gasteiger partial charge in [-0.25, -0.2) is 0 Å². The fourth-order valence-corrected chi connectivity index (χ4v) is 3.56. The SMILES string of the molecule is CC1(C)CNC2(CC(C)(C)NC(C)(C)C2)OC1. The second-order valence-electron chi connectivity index (χ2n) is 8.05. The van der Waals surface area contributed by atoms with Gasteiger partial charge in [0.05, 0.1) is 6.61 Å². The third-order valence-corrected chi connectivity index (χ3v) is 3.76. The van der Waals surface area contributed by atoms with E-state index in [9.17, 15) is 0 Å². The summed E-state index contributed by atoms with van der Waals surface area (Å²) in [5, 5.41) is 7.38. The van der Waals surface area contributed by atoms with Crippen LogP contribution in [0.4, 0.5) is 0 Å². The zero-order valence-corrected chi connectivity index (χ0v) is 12.2. The molecule has 3 nitrogen and oxygen atoms in total. The molecule has 1 spiro atoms. The number of piperidine rings is 1. The molecule has 0 aromatic heterocycles. The first kappa shape index (κ1) is 13.3. The van der Waals surface area contributed by atoms with Crippen molar-refractivity contribution in [3.05, 3.63) is 0 Å². The molecule has 2 heterocycles. The molecule has 2 aliphatic rings. The highest BCUT2D eigenvalue weighted by molar-refractivity contribution is 5.05. The Hall–Kier alpha value is -0.120. The Morgan fingerprint density at radius 3 is 1.82 bits per heavy atom. The summed E-state index contributed by atoms with van der Waals surface area (Å²) in [6.45, 7) is 15.5. The van der Waals surface area contributed by atoms with E-state index in [1.165, 1.54) is 0 Å². The van der Waals surface area contributed by atoms with Crippen LogP contribution in [0.25, 0.3) is 0 Å². The normalized spacial score (nSPS) is 33.5. The summed E-state index contributed by atoms with van der Waals surface area (Å²) >= 11 is 0. The third-order valence-electron chi connectivity index (χ3n) is 3.76. The zero-order chi connectivity index (χ0) is 12.9. The van der Waals surface area contributed by atoms with E-state index >= 15 is 0 Å². The Kier molecular flexibility index (Phi) is 2.89. The van der Waals surface area contributed by atoms with Crippen LogP contribution in [0, 0.1) is 5.41 Å². The number of hydrogen-bond acceptors (Lipinski definition) is 3. The Morgan fingerprint density at radius 1 is 0.882 bits per heavy atom. The standard InChI is InChI=1S/C14H28N2O/c1-11(2)9-15-14(17-10-11)7-12(3,4)16-13(5,6)8-14/h15-16H,7-10H2,1-6H3. The molecule has 2 rings (SSSR count). The molecule has 0 bridgehead atoms. The molecule has 0 aromatic rings. The number of ether oxygens (including phenoxy) is 1. The molecule has 2 saturated heterocycles. The molecule has 0 amide bonds.